The maximum absolute atomic E-state index is 12.0. The maximum atomic E-state index is 12.0. The van der Waals surface area contributed by atoms with Gasteiger partial charge >= 0.3 is 6.03 Å². The molecule has 92 valence electrons. The van der Waals surface area contributed by atoms with Crippen molar-refractivity contribution in [3.63, 3.8) is 0 Å². The Kier molecular flexibility index (Phi) is 3.38. The van der Waals surface area contributed by atoms with E-state index >= 15 is 0 Å². The van der Waals surface area contributed by atoms with Gasteiger partial charge in [-0.2, -0.15) is 0 Å². The second-order valence-corrected chi connectivity index (χ2v) is 5.72. The monoisotopic (exact) mass is 225 g/mol. The lowest BCUT2D eigenvalue weighted by Gasteiger charge is -2.27. The number of hydrogen-bond donors (Lipinski definition) is 2. The number of nitrogens with zero attached hydrogens (tertiary/aromatic N) is 1. The highest BCUT2D eigenvalue weighted by Gasteiger charge is 2.40. The molecule has 2 fully saturated rings. The second-order valence-electron chi connectivity index (χ2n) is 5.72. The molecule has 1 aliphatic heterocycles. The number of hydrogen-bond acceptors (Lipinski definition) is 2. The summed E-state index contributed by atoms with van der Waals surface area (Å²) in [5, 5.41) is 3.00. The molecule has 4 nitrogen and oxygen atoms in total. The molecule has 0 aromatic heterocycles. The van der Waals surface area contributed by atoms with Gasteiger partial charge in [0.15, 0.2) is 0 Å². The number of carbonyl (C=O) groups is 1. The number of nitrogens with one attached hydrogen (secondary N) is 1. The van der Waals surface area contributed by atoms with Crippen LogP contribution in [0.2, 0.25) is 0 Å². The van der Waals surface area contributed by atoms with E-state index in [1.807, 2.05) is 4.90 Å². The lowest BCUT2D eigenvalue weighted by atomic mass is 9.87. The van der Waals surface area contributed by atoms with Gasteiger partial charge in [-0.1, -0.05) is 13.8 Å². The van der Waals surface area contributed by atoms with Gasteiger partial charge in [-0.05, 0) is 31.1 Å². The highest BCUT2D eigenvalue weighted by atomic mass is 16.2. The minimum absolute atomic E-state index is 0.107. The van der Waals surface area contributed by atoms with Gasteiger partial charge in [-0.15, -0.1) is 0 Å². The Morgan fingerprint density at radius 1 is 1.44 bits per heavy atom. The van der Waals surface area contributed by atoms with Crippen LogP contribution in [-0.4, -0.2) is 36.1 Å². The van der Waals surface area contributed by atoms with Crippen LogP contribution in [0.4, 0.5) is 4.79 Å². The van der Waals surface area contributed by atoms with E-state index in [-0.39, 0.29) is 6.03 Å². The van der Waals surface area contributed by atoms with Gasteiger partial charge in [0.2, 0.25) is 0 Å². The fourth-order valence-corrected chi connectivity index (χ4v) is 2.92. The summed E-state index contributed by atoms with van der Waals surface area (Å²) in [6, 6.07) is 0.794. The smallest absolute Gasteiger partial charge is 0.317 e. The Morgan fingerprint density at radius 3 is 2.88 bits per heavy atom. The Bertz CT molecular complexity index is 267. The number of amides is 2. The fraction of sp³-hybridized carbons (Fsp3) is 0.917. The molecule has 0 aromatic carbocycles. The van der Waals surface area contributed by atoms with Gasteiger partial charge < -0.3 is 16.0 Å². The van der Waals surface area contributed by atoms with E-state index in [2.05, 4.69) is 19.2 Å². The van der Waals surface area contributed by atoms with Gasteiger partial charge in [-0.25, -0.2) is 4.79 Å². The van der Waals surface area contributed by atoms with Gasteiger partial charge in [0.1, 0.15) is 0 Å². The van der Waals surface area contributed by atoms with Crippen LogP contribution in [0.1, 0.15) is 33.1 Å². The van der Waals surface area contributed by atoms with Crippen molar-refractivity contribution in [2.45, 2.75) is 45.2 Å². The summed E-state index contributed by atoms with van der Waals surface area (Å²) in [6.45, 7) is 5.89. The molecule has 1 heterocycles. The first-order chi connectivity index (χ1) is 7.56. The maximum Gasteiger partial charge on any atom is 0.317 e. The molecule has 0 aromatic rings. The average molecular weight is 225 g/mol. The van der Waals surface area contributed by atoms with Crippen molar-refractivity contribution in [1.29, 1.82) is 0 Å². The zero-order valence-corrected chi connectivity index (χ0v) is 10.3. The highest BCUT2D eigenvalue weighted by molar-refractivity contribution is 5.75. The largest absolute Gasteiger partial charge is 0.338 e. The predicted octanol–water partition coefficient (Wildman–Crippen LogP) is 1.16. The van der Waals surface area contributed by atoms with Crippen molar-refractivity contribution < 1.29 is 4.79 Å². The molecule has 4 heteroatoms. The van der Waals surface area contributed by atoms with Crippen molar-refractivity contribution in [2.75, 3.05) is 13.1 Å². The molecular formula is C12H23N3O. The van der Waals surface area contributed by atoms with Crippen LogP contribution in [0.25, 0.3) is 0 Å². The van der Waals surface area contributed by atoms with Gasteiger partial charge in [0, 0.05) is 25.2 Å². The molecule has 2 amide bonds. The van der Waals surface area contributed by atoms with Gasteiger partial charge in [-0.3, -0.25) is 0 Å². The molecule has 16 heavy (non-hydrogen) atoms. The molecule has 1 aliphatic carbocycles. The Balaban J connectivity index is 1.88. The van der Waals surface area contributed by atoms with E-state index in [9.17, 15) is 4.79 Å². The molecule has 2 aliphatic rings. The molecule has 0 spiro atoms. The lowest BCUT2D eigenvalue weighted by molar-refractivity contribution is 0.188. The molecule has 1 saturated carbocycles. The number of fused-ring (bicyclic) bond motifs is 2. The van der Waals surface area contributed by atoms with E-state index in [0.717, 1.165) is 32.4 Å². The number of likely N-dealkylation sites (tertiary alicyclic amines) is 1. The first-order valence-corrected chi connectivity index (χ1v) is 6.36. The highest BCUT2D eigenvalue weighted by Crippen LogP contribution is 2.34. The predicted molar refractivity (Wildman–Crippen MR) is 64.0 cm³/mol. The first-order valence-electron chi connectivity index (χ1n) is 6.36. The van der Waals surface area contributed by atoms with Gasteiger partial charge in [0.05, 0.1) is 0 Å². The van der Waals surface area contributed by atoms with Crippen LogP contribution in [0.3, 0.4) is 0 Å². The first kappa shape index (κ1) is 11.7. The van der Waals surface area contributed by atoms with Crippen molar-refractivity contribution >= 4 is 6.03 Å². The Morgan fingerprint density at radius 2 is 2.19 bits per heavy atom. The summed E-state index contributed by atoms with van der Waals surface area (Å²) in [6.07, 6.45) is 3.22. The molecular weight excluding hydrogens is 202 g/mol. The minimum atomic E-state index is 0.107. The quantitative estimate of drug-likeness (QED) is 0.741. The van der Waals surface area contributed by atoms with E-state index in [1.54, 1.807) is 0 Å². The number of rotatable bonds is 2. The molecule has 2 bridgehead atoms. The van der Waals surface area contributed by atoms with Crippen LogP contribution in [0.15, 0.2) is 0 Å². The zero-order chi connectivity index (χ0) is 11.7. The standard InChI is InChI=1S/C12H23N3O/c1-8(2)6-14-12(16)15-7-9-3-10(13)5-11(15)4-9/h8-11H,3-7,13H2,1-2H3,(H,14,16). The minimum Gasteiger partial charge on any atom is -0.338 e. The zero-order valence-electron chi connectivity index (χ0n) is 10.3. The molecule has 1 saturated heterocycles. The third-order valence-electron chi connectivity index (χ3n) is 3.63. The Labute approximate surface area is 97.6 Å². The number of nitrogens with two attached hydrogens (primary N) is 1. The summed E-state index contributed by atoms with van der Waals surface area (Å²) in [4.78, 5) is 14.0. The summed E-state index contributed by atoms with van der Waals surface area (Å²) in [5.41, 5.74) is 5.98. The third kappa shape index (κ3) is 2.48. The molecule has 3 N–H and O–H groups in total. The summed E-state index contributed by atoms with van der Waals surface area (Å²) in [5.74, 6) is 1.15. The van der Waals surface area contributed by atoms with E-state index in [0.29, 0.717) is 23.9 Å². The number of urea groups is 1. The number of carbonyl (C=O) groups excluding carboxylic acids is 1. The van der Waals surface area contributed by atoms with Crippen LogP contribution in [0, 0.1) is 11.8 Å². The van der Waals surface area contributed by atoms with Crippen molar-refractivity contribution in [3.8, 4) is 0 Å². The summed E-state index contributed by atoms with van der Waals surface area (Å²) < 4.78 is 0. The van der Waals surface area contributed by atoms with Crippen molar-refractivity contribution in [2.24, 2.45) is 17.6 Å². The van der Waals surface area contributed by atoms with Gasteiger partial charge in [0.25, 0.3) is 0 Å². The van der Waals surface area contributed by atoms with E-state index in [4.69, 9.17) is 5.73 Å². The van der Waals surface area contributed by atoms with Crippen LogP contribution >= 0.6 is 0 Å². The van der Waals surface area contributed by atoms with Crippen LogP contribution in [0.5, 0.6) is 0 Å². The molecule has 3 atom stereocenters. The van der Waals surface area contributed by atoms with Crippen molar-refractivity contribution in [1.82, 2.24) is 10.2 Å². The van der Waals surface area contributed by atoms with Crippen LogP contribution < -0.4 is 11.1 Å². The molecule has 2 rings (SSSR count). The SMILES string of the molecule is CC(C)CNC(=O)N1CC2CC(N)CC1C2. The second kappa shape index (κ2) is 4.62. The normalized spacial score (nSPS) is 33.2. The van der Waals surface area contributed by atoms with E-state index < -0.39 is 0 Å². The average Bonchev–Trinajstić information content (AvgIpc) is 2.50. The molecule has 3 unspecified atom stereocenters. The Hall–Kier alpha value is -0.770. The molecule has 0 radical (unpaired) electrons. The summed E-state index contributed by atoms with van der Waals surface area (Å²) >= 11 is 0. The van der Waals surface area contributed by atoms with Crippen LogP contribution in [-0.2, 0) is 0 Å². The topological polar surface area (TPSA) is 58.4 Å². The van der Waals surface area contributed by atoms with Crippen molar-refractivity contribution in [3.05, 3.63) is 0 Å². The lowest BCUT2D eigenvalue weighted by Crippen LogP contribution is -2.45. The third-order valence-corrected chi connectivity index (χ3v) is 3.63. The summed E-state index contributed by atoms with van der Waals surface area (Å²) in [7, 11) is 0. The fourth-order valence-electron chi connectivity index (χ4n) is 2.92. The van der Waals surface area contributed by atoms with E-state index in [1.165, 1.54) is 0 Å².